The van der Waals surface area contributed by atoms with Gasteiger partial charge in [0.25, 0.3) is 0 Å². The average molecular weight is 244 g/mol. The molecule has 1 aliphatic carbocycles. The average Bonchev–Trinajstić information content (AvgIpc) is 2.82. The fourth-order valence-electron chi connectivity index (χ4n) is 2.07. The first-order chi connectivity index (χ1) is 8.65. The van der Waals surface area contributed by atoms with Gasteiger partial charge in [0.15, 0.2) is 0 Å². The summed E-state index contributed by atoms with van der Waals surface area (Å²) in [6, 6.07) is 6.66. The fourth-order valence-corrected chi connectivity index (χ4v) is 2.07. The molecule has 1 aromatic carbocycles. The van der Waals surface area contributed by atoms with Crippen molar-refractivity contribution in [1.29, 1.82) is 0 Å². The lowest BCUT2D eigenvalue weighted by Crippen LogP contribution is -2.16. The molecule has 2 amide bonds. The van der Waals surface area contributed by atoms with Gasteiger partial charge in [-0.1, -0.05) is 18.2 Å². The number of nitrogens with two attached hydrogens (primary N) is 1. The lowest BCUT2D eigenvalue weighted by Gasteiger charge is -2.09. The van der Waals surface area contributed by atoms with Gasteiger partial charge in [0.05, 0.1) is 0 Å². The van der Waals surface area contributed by atoms with Gasteiger partial charge in [0.1, 0.15) is 0 Å². The molecule has 0 saturated heterocycles. The molecule has 4 heteroatoms. The maximum atomic E-state index is 11.8. The monoisotopic (exact) mass is 244 g/mol. The van der Waals surface area contributed by atoms with E-state index in [0.29, 0.717) is 23.6 Å². The molecule has 0 fully saturated rings. The smallest absolute Gasteiger partial charge is 0.248 e. The van der Waals surface area contributed by atoms with E-state index < -0.39 is 5.91 Å². The maximum absolute atomic E-state index is 11.8. The molecule has 0 heterocycles. The third-order valence-electron chi connectivity index (χ3n) is 2.99. The molecule has 2 rings (SSSR count). The van der Waals surface area contributed by atoms with Crippen LogP contribution in [0.15, 0.2) is 36.4 Å². The second kappa shape index (κ2) is 5.49. The van der Waals surface area contributed by atoms with Crippen molar-refractivity contribution in [2.75, 3.05) is 5.32 Å². The lowest BCUT2D eigenvalue weighted by molar-refractivity contribution is -0.116. The van der Waals surface area contributed by atoms with Crippen molar-refractivity contribution in [3.63, 3.8) is 0 Å². The van der Waals surface area contributed by atoms with E-state index >= 15 is 0 Å². The summed E-state index contributed by atoms with van der Waals surface area (Å²) in [7, 11) is 0. The van der Waals surface area contributed by atoms with Crippen LogP contribution in [0.25, 0.3) is 0 Å². The molecular weight excluding hydrogens is 228 g/mol. The molecule has 0 radical (unpaired) electrons. The van der Waals surface area contributed by atoms with Crippen LogP contribution in [-0.4, -0.2) is 11.8 Å². The molecule has 3 N–H and O–H groups in total. The van der Waals surface area contributed by atoms with Crippen molar-refractivity contribution in [2.24, 2.45) is 11.7 Å². The van der Waals surface area contributed by atoms with Crippen molar-refractivity contribution in [3.8, 4) is 0 Å². The quantitative estimate of drug-likeness (QED) is 0.796. The predicted octanol–water partition coefficient (Wildman–Crippen LogP) is 2.08. The van der Waals surface area contributed by atoms with E-state index in [9.17, 15) is 9.59 Å². The van der Waals surface area contributed by atoms with Crippen LogP contribution in [0.1, 0.15) is 29.6 Å². The highest BCUT2D eigenvalue weighted by Crippen LogP contribution is 2.21. The molecular formula is C14H16N2O2. The zero-order chi connectivity index (χ0) is 13.0. The molecule has 0 aromatic heterocycles. The van der Waals surface area contributed by atoms with E-state index in [-0.39, 0.29) is 5.91 Å². The van der Waals surface area contributed by atoms with Crippen LogP contribution in [0.4, 0.5) is 5.69 Å². The van der Waals surface area contributed by atoms with Crippen LogP contribution < -0.4 is 11.1 Å². The van der Waals surface area contributed by atoms with E-state index in [2.05, 4.69) is 17.5 Å². The number of primary amides is 1. The Kier molecular flexibility index (Phi) is 3.77. The Bertz CT molecular complexity index is 494. The van der Waals surface area contributed by atoms with Gasteiger partial charge in [0.2, 0.25) is 11.8 Å². The third-order valence-corrected chi connectivity index (χ3v) is 2.99. The highest BCUT2D eigenvalue weighted by molar-refractivity contribution is 5.96. The zero-order valence-corrected chi connectivity index (χ0v) is 10.1. The Balaban J connectivity index is 1.95. The number of hydrogen-bond acceptors (Lipinski definition) is 2. The van der Waals surface area contributed by atoms with Gasteiger partial charge in [-0.05, 0) is 37.0 Å². The topological polar surface area (TPSA) is 72.2 Å². The first-order valence-corrected chi connectivity index (χ1v) is 6.01. The highest BCUT2D eigenvalue weighted by Gasteiger charge is 2.14. The lowest BCUT2D eigenvalue weighted by atomic mass is 10.0. The molecule has 0 unspecified atom stereocenters. The van der Waals surface area contributed by atoms with Crippen LogP contribution in [0.5, 0.6) is 0 Å². The number of nitrogens with one attached hydrogen (secondary N) is 1. The predicted molar refractivity (Wildman–Crippen MR) is 70.1 cm³/mol. The normalized spacial score (nSPS) is 17.7. The number of rotatable bonds is 4. The number of allylic oxidation sites excluding steroid dienone is 2. The molecule has 0 spiro atoms. The number of amides is 2. The standard InChI is InChI=1S/C14H16N2O2/c15-14(18)11-6-3-7-12(9-11)16-13(17)8-10-4-1-2-5-10/h1,3-4,6-7,9-10H,2,5,8H2,(H2,15,18)(H,16,17)/t10-/m1/s1. The second-order valence-corrected chi connectivity index (χ2v) is 4.46. The van der Waals surface area contributed by atoms with Gasteiger partial charge < -0.3 is 11.1 Å². The summed E-state index contributed by atoms with van der Waals surface area (Å²) in [5.74, 6) is -0.192. The Morgan fingerprint density at radius 2 is 2.22 bits per heavy atom. The molecule has 0 saturated carbocycles. The second-order valence-electron chi connectivity index (χ2n) is 4.46. The van der Waals surface area contributed by atoms with Gasteiger partial charge in [-0.3, -0.25) is 9.59 Å². The number of hydrogen-bond donors (Lipinski definition) is 2. The van der Waals surface area contributed by atoms with E-state index in [1.54, 1.807) is 24.3 Å². The van der Waals surface area contributed by atoms with E-state index in [1.807, 2.05) is 0 Å². The largest absolute Gasteiger partial charge is 0.366 e. The van der Waals surface area contributed by atoms with Gasteiger partial charge in [-0.2, -0.15) is 0 Å². The molecule has 1 atom stereocenters. The summed E-state index contributed by atoms with van der Waals surface area (Å²) in [6.45, 7) is 0. The number of carbonyl (C=O) groups excluding carboxylic acids is 2. The SMILES string of the molecule is NC(=O)c1cccc(NC(=O)C[C@@H]2C=CCC2)c1. The van der Waals surface area contributed by atoms with Crippen molar-refractivity contribution in [3.05, 3.63) is 42.0 Å². The van der Waals surface area contributed by atoms with Crippen LogP contribution in [0, 0.1) is 5.92 Å². The Morgan fingerprint density at radius 3 is 2.89 bits per heavy atom. The summed E-state index contributed by atoms with van der Waals surface area (Å²) in [6.07, 6.45) is 6.76. The summed E-state index contributed by atoms with van der Waals surface area (Å²) >= 11 is 0. The minimum absolute atomic E-state index is 0.0341. The zero-order valence-electron chi connectivity index (χ0n) is 10.1. The van der Waals surface area contributed by atoms with Crippen LogP contribution in [0.2, 0.25) is 0 Å². The van der Waals surface area contributed by atoms with E-state index in [4.69, 9.17) is 5.73 Å². The number of carbonyl (C=O) groups is 2. The molecule has 1 aromatic rings. The van der Waals surface area contributed by atoms with Crippen molar-refractivity contribution >= 4 is 17.5 Å². The first-order valence-electron chi connectivity index (χ1n) is 6.01. The Labute approximate surface area is 106 Å². The minimum Gasteiger partial charge on any atom is -0.366 e. The first kappa shape index (κ1) is 12.4. The van der Waals surface area contributed by atoms with Gasteiger partial charge >= 0.3 is 0 Å². The Morgan fingerprint density at radius 1 is 1.39 bits per heavy atom. The van der Waals surface area contributed by atoms with Crippen LogP contribution in [-0.2, 0) is 4.79 Å². The maximum Gasteiger partial charge on any atom is 0.248 e. The third kappa shape index (κ3) is 3.20. The Hall–Kier alpha value is -2.10. The van der Waals surface area contributed by atoms with Gasteiger partial charge in [0, 0.05) is 17.7 Å². The van der Waals surface area contributed by atoms with Crippen molar-refractivity contribution < 1.29 is 9.59 Å². The van der Waals surface area contributed by atoms with Crippen molar-refractivity contribution in [2.45, 2.75) is 19.3 Å². The summed E-state index contributed by atoms with van der Waals surface area (Å²) < 4.78 is 0. The van der Waals surface area contributed by atoms with Gasteiger partial charge in [-0.15, -0.1) is 0 Å². The molecule has 94 valence electrons. The molecule has 0 aliphatic heterocycles. The molecule has 1 aliphatic rings. The van der Waals surface area contributed by atoms with Crippen molar-refractivity contribution in [1.82, 2.24) is 0 Å². The van der Waals surface area contributed by atoms with E-state index in [1.165, 1.54) is 0 Å². The summed E-state index contributed by atoms with van der Waals surface area (Å²) in [5, 5.41) is 2.78. The molecule has 4 nitrogen and oxygen atoms in total. The summed E-state index contributed by atoms with van der Waals surface area (Å²) in [5.41, 5.74) is 6.19. The van der Waals surface area contributed by atoms with Gasteiger partial charge in [-0.25, -0.2) is 0 Å². The highest BCUT2D eigenvalue weighted by atomic mass is 16.2. The molecule has 18 heavy (non-hydrogen) atoms. The van der Waals surface area contributed by atoms with Crippen LogP contribution >= 0.6 is 0 Å². The molecule has 0 bridgehead atoms. The van der Waals surface area contributed by atoms with E-state index in [0.717, 1.165) is 12.8 Å². The van der Waals surface area contributed by atoms with Crippen LogP contribution in [0.3, 0.4) is 0 Å². The summed E-state index contributed by atoms with van der Waals surface area (Å²) in [4.78, 5) is 22.8. The number of anilines is 1. The fraction of sp³-hybridized carbons (Fsp3) is 0.286. The minimum atomic E-state index is -0.496. The number of benzene rings is 1.